The number of aromatic nitrogens is 1. The zero-order chi connectivity index (χ0) is 9.97. The molecule has 0 amide bonds. The minimum Gasteiger partial charge on any atom is -0.347 e. The molecule has 2 aromatic rings. The Balaban J connectivity index is 2.37. The zero-order valence-electron chi connectivity index (χ0n) is 7.71. The van der Waals surface area contributed by atoms with Gasteiger partial charge in [0.2, 0.25) is 0 Å². The number of benzene rings is 1. The van der Waals surface area contributed by atoms with Crippen molar-refractivity contribution in [1.82, 2.24) is 4.57 Å². The Hall–Kier alpha value is -0.830. The number of alkyl halides is 1. The molecule has 0 bridgehead atoms. The van der Waals surface area contributed by atoms with Crippen molar-refractivity contribution in [1.29, 1.82) is 0 Å². The molecule has 74 valence electrons. The monoisotopic (exact) mass is 255 g/mol. The molecule has 2 rings (SSSR count). The van der Waals surface area contributed by atoms with E-state index in [2.05, 4.69) is 38.7 Å². The summed E-state index contributed by atoms with van der Waals surface area (Å²) in [7, 11) is 0. The summed E-state index contributed by atoms with van der Waals surface area (Å²) in [4.78, 5) is 0. The van der Waals surface area contributed by atoms with E-state index in [9.17, 15) is 4.39 Å². The van der Waals surface area contributed by atoms with Crippen LogP contribution in [0.25, 0.3) is 10.9 Å². The summed E-state index contributed by atoms with van der Waals surface area (Å²) in [5, 5.41) is 1.19. The molecule has 1 aromatic carbocycles. The van der Waals surface area contributed by atoms with Crippen LogP contribution < -0.4 is 0 Å². The van der Waals surface area contributed by atoms with E-state index in [1.807, 2.05) is 12.3 Å². The number of aryl methyl sites for hydroxylation is 1. The first-order valence-electron chi connectivity index (χ1n) is 4.61. The number of hydrogen-bond donors (Lipinski definition) is 0. The second-order valence-electron chi connectivity index (χ2n) is 3.25. The summed E-state index contributed by atoms with van der Waals surface area (Å²) in [5.74, 6) is 0. The highest BCUT2D eigenvalue weighted by Crippen LogP contribution is 2.20. The largest absolute Gasteiger partial charge is 0.347 e. The molecule has 0 saturated carbocycles. The molecular weight excluding hydrogens is 245 g/mol. The van der Waals surface area contributed by atoms with Crippen LogP contribution in [0.5, 0.6) is 0 Å². The smallest absolute Gasteiger partial charge is 0.0911 e. The van der Waals surface area contributed by atoms with E-state index in [4.69, 9.17) is 0 Å². The Morgan fingerprint density at radius 2 is 2.14 bits per heavy atom. The molecule has 0 atom stereocenters. The van der Waals surface area contributed by atoms with Crippen molar-refractivity contribution in [3.05, 3.63) is 34.9 Å². The van der Waals surface area contributed by atoms with Crippen LogP contribution in [0.4, 0.5) is 4.39 Å². The van der Waals surface area contributed by atoms with E-state index >= 15 is 0 Å². The molecule has 1 nitrogen and oxygen atoms in total. The van der Waals surface area contributed by atoms with Crippen LogP contribution in [0.1, 0.15) is 6.42 Å². The molecular formula is C11H11BrFN. The molecule has 0 saturated heterocycles. The van der Waals surface area contributed by atoms with Crippen molar-refractivity contribution in [3.63, 3.8) is 0 Å². The summed E-state index contributed by atoms with van der Waals surface area (Å²) in [5.41, 5.74) is 1.17. The SMILES string of the molecule is FCCCn1ccc2cc(Br)ccc21. The molecule has 0 spiro atoms. The normalized spacial score (nSPS) is 11.0. The standard InChI is InChI=1S/C11H11BrFN/c12-10-2-3-11-9(8-10)4-7-14(11)6-1-5-13/h2-4,7-8H,1,5-6H2. The topological polar surface area (TPSA) is 4.93 Å². The van der Waals surface area contributed by atoms with Crippen LogP contribution in [0.3, 0.4) is 0 Å². The van der Waals surface area contributed by atoms with Gasteiger partial charge in [-0.05, 0) is 30.7 Å². The fraction of sp³-hybridized carbons (Fsp3) is 0.273. The lowest BCUT2D eigenvalue weighted by Crippen LogP contribution is -1.96. The maximum Gasteiger partial charge on any atom is 0.0911 e. The highest BCUT2D eigenvalue weighted by molar-refractivity contribution is 9.10. The minimum absolute atomic E-state index is 0.254. The first kappa shape index (κ1) is 9.71. The van der Waals surface area contributed by atoms with E-state index in [0.29, 0.717) is 6.42 Å². The van der Waals surface area contributed by atoms with Crippen LogP contribution in [0.2, 0.25) is 0 Å². The van der Waals surface area contributed by atoms with Crippen molar-refractivity contribution in [2.24, 2.45) is 0 Å². The molecule has 1 aromatic heterocycles. The van der Waals surface area contributed by atoms with Gasteiger partial charge in [0, 0.05) is 28.1 Å². The predicted octanol–water partition coefficient (Wildman–Crippen LogP) is 3.76. The van der Waals surface area contributed by atoms with Gasteiger partial charge in [-0.2, -0.15) is 0 Å². The fourth-order valence-electron chi connectivity index (χ4n) is 1.60. The molecule has 1 heterocycles. The maximum atomic E-state index is 12.0. The lowest BCUT2D eigenvalue weighted by atomic mass is 10.2. The van der Waals surface area contributed by atoms with Crippen molar-refractivity contribution in [2.75, 3.05) is 6.67 Å². The molecule has 0 aliphatic rings. The maximum absolute atomic E-state index is 12.0. The van der Waals surface area contributed by atoms with Gasteiger partial charge in [0.25, 0.3) is 0 Å². The Morgan fingerprint density at radius 1 is 1.29 bits per heavy atom. The van der Waals surface area contributed by atoms with E-state index in [1.54, 1.807) is 0 Å². The van der Waals surface area contributed by atoms with Crippen molar-refractivity contribution < 1.29 is 4.39 Å². The number of rotatable bonds is 3. The average molecular weight is 256 g/mol. The minimum atomic E-state index is -0.254. The van der Waals surface area contributed by atoms with E-state index in [1.165, 1.54) is 10.9 Å². The van der Waals surface area contributed by atoms with E-state index < -0.39 is 0 Å². The quantitative estimate of drug-likeness (QED) is 0.787. The third kappa shape index (κ3) is 1.82. The zero-order valence-corrected chi connectivity index (χ0v) is 9.30. The Morgan fingerprint density at radius 3 is 2.93 bits per heavy atom. The first-order chi connectivity index (χ1) is 6.81. The molecule has 0 N–H and O–H groups in total. The number of halogens is 2. The summed E-state index contributed by atoms with van der Waals surface area (Å²) in [6, 6.07) is 8.19. The van der Waals surface area contributed by atoms with Crippen LogP contribution in [0.15, 0.2) is 34.9 Å². The molecule has 0 aliphatic carbocycles. The van der Waals surface area contributed by atoms with Gasteiger partial charge in [-0.1, -0.05) is 15.9 Å². The van der Waals surface area contributed by atoms with E-state index in [0.717, 1.165) is 11.0 Å². The fourth-order valence-corrected chi connectivity index (χ4v) is 1.97. The Kier molecular flexibility index (Phi) is 2.87. The Bertz CT molecular complexity index is 436. The van der Waals surface area contributed by atoms with Gasteiger partial charge in [-0.3, -0.25) is 4.39 Å². The van der Waals surface area contributed by atoms with Crippen LogP contribution in [-0.2, 0) is 6.54 Å². The van der Waals surface area contributed by atoms with Gasteiger partial charge in [0.1, 0.15) is 0 Å². The average Bonchev–Trinajstić information content (AvgIpc) is 2.57. The third-order valence-corrected chi connectivity index (χ3v) is 2.76. The molecule has 0 aliphatic heterocycles. The summed E-state index contributed by atoms with van der Waals surface area (Å²) >= 11 is 3.43. The first-order valence-corrected chi connectivity index (χ1v) is 5.41. The number of hydrogen-bond acceptors (Lipinski definition) is 0. The molecule has 0 fully saturated rings. The van der Waals surface area contributed by atoms with Crippen molar-refractivity contribution in [2.45, 2.75) is 13.0 Å². The second-order valence-corrected chi connectivity index (χ2v) is 4.17. The van der Waals surface area contributed by atoms with Crippen LogP contribution >= 0.6 is 15.9 Å². The predicted molar refractivity (Wildman–Crippen MR) is 60.2 cm³/mol. The van der Waals surface area contributed by atoms with Gasteiger partial charge in [-0.15, -0.1) is 0 Å². The molecule has 0 radical (unpaired) electrons. The lowest BCUT2D eigenvalue weighted by molar-refractivity contribution is 0.450. The summed E-state index contributed by atoms with van der Waals surface area (Å²) in [6.07, 6.45) is 2.59. The van der Waals surface area contributed by atoms with Crippen LogP contribution in [0, 0.1) is 0 Å². The highest BCUT2D eigenvalue weighted by Gasteiger charge is 2.00. The van der Waals surface area contributed by atoms with Crippen LogP contribution in [-0.4, -0.2) is 11.2 Å². The molecule has 14 heavy (non-hydrogen) atoms. The molecule has 3 heteroatoms. The highest BCUT2D eigenvalue weighted by atomic mass is 79.9. The number of fused-ring (bicyclic) bond motifs is 1. The second kappa shape index (κ2) is 4.13. The van der Waals surface area contributed by atoms with Gasteiger partial charge >= 0.3 is 0 Å². The van der Waals surface area contributed by atoms with Gasteiger partial charge in [0.05, 0.1) is 6.67 Å². The summed E-state index contributed by atoms with van der Waals surface area (Å²) < 4.78 is 15.2. The van der Waals surface area contributed by atoms with Gasteiger partial charge < -0.3 is 4.57 Å². The third-order valence-electron chi connectivity index (χ3n) is 2.27. The van der Waals surface area contributed by atoms with Crippen molar-refractivity contribution >= 4 is 26.8 Å². The lowest BCUT2D eigenvalue weighted by Gasteiger charge is -2.02. The Labute approximate surface area is 90.7 Å². The van der Waals surface area contributed by atoms with Gasteiger partial charge in [-0.25, -0.2) is 0 Å². The molecule has 0 unspecified atom stereocenters. The summed E-state index contributed by atoms with van der Waals surface area (Å²) in [6.45, 7) is 0.498. The van der Waals surface area contributed by atoms with E-state index in [-0.39, 0.29) is 6.67 Å². The van der Waals surface area contributed by atoms with Gasteiger partial charge in [0.15, 0.2) is 0 Å². The van der Waals surface area contributed by atoms with Crippen molar-refractivity contribution in [3.8, 4) is 0 Å². The number of nitrogens with zero attached hydrogens (tertiary/aromatic N) is 1.